The van der Waals surface area contributed by atoms with E-state index in [4.69, 9.17) is 9.47 Å². The van der Waals surface area contributed by atoms with Gasteiger partial charge in [0, 0.05) is 29.2 Å². The molecule has 33 heavy (non-hydrogen) atoms. The molecule has 0 saturated carbocycles. The highest BCUT2D eigenvalue weighted by atomic mass is 16.7. The Balaban J connectivity index is 1.55. The molecule has 0 fully saturated rings. The van der Waals surface area contributed by atoms with Crippen LogP contribution in [0, 0.1) is 0 Å². The van der Waals surface area contributed by atoms with Crippen molar-refractivity contribution in [3.63, 3.8) is 0 Å². The van der Waals surface area contributed by atoms with Gasteiger partial charge < -0.3 is 29.6 Å². The van der Waals surface area contributed by atoms with E-state index in [2.05, 4.69) is 29.0 Å². The highest BCUT2D eigenvalue weighted by Gasteiger charge is 2.19. The van der Waals surface area contributed by atoms with Crippen molar-refractivity contribution < 1.29 is 14.3 Å². The van der Waals surface area contributed by atoms with Crippen molar-refractivity contribution in [2.24, 2.45) is 0 Å². The number of urea groups is 1. The van der Waals surface area contributed by atoms with E-state index in [0.29, 0.717) is 29.1 Å². The molecule has 8 nitrogen and oxygen atoms in total. The number of carbonyl (C=O) groups is 1. The van der Waals surface area contributed by atoms with Crippen LogP contribution < -0.4 is 20.3 Å². The Bertz CT molecular complexity index is 1160. The number of nitrogens with zero attached hydrogens (tertiary/aromatic N) is 2. The van der Waals surface area contributed by atoms with Gasteiger partial charge >= 0.3 is 6.03 Å². The van der Waals surface area contributed by atoms with Crippen molar-refractivity contribution >= 4 is 22.6 Å². The summed E-state index contributed by atoms with van der Waals surface area (Å²) in [4.78, 5) is 32.9. The SMILES string of the molecule is CCN(CC)CCCN(Cc1cc2cc3c(cc2[nH]c1=O)OCO3)C(=O)Nc1ccccc1. The summed E-state index contributed by atoms with van der Waals surface area (Å²) >= 11 is 0. The summed E-state index contributed by atoms with van der Waals surface area (Å²) in [5.41, 5.74) is 1.70. The number of aromatic nitrogens is 1. The van der Waals surface area contributed by atoms with Crippen molar-refractivity contribution in [2.75, 3.05) is 38.3 Å². The van der Waals surface area contributed by atoms with E-state index in [-0.39, 0.29) is 24.9 Å². The minimum Gasteiger partial charge on any atom is -0.454 e. The number of hydrogen-bond donors (Lipinski definition) is 2. The van der Waals surface area contributed by atoms with Crippen molar-refractivity contribution in [3.05, 3.63) is 64.4 Å². The third kappa shape index (κ3) is 5.46. The molecule has 0 saturated heterocycles. The molecule has 1 aliphatic rings. The molecular formula is C25H30N4O4. The van der Waals surface area contributed by atoms with E-state index in [0.717, 1.165) is 37.1 Å². The first kappa shape index (κ1) is 22.7. The van der Waals surface area contributed by atoms with Gasteiger partial charge in [0.25, 0.3) is 5.56 Å². The van der Waals surface area contributed by atoms with Crippen molar-refractivity contribution in [1.82, 2.24) is 14.8 Å². The van der Waals surface area contributed by atoms with Gasteiger partial charge in [0.15, 0.2) is 11.5 Å². The molecule has 0 bridgehead atoms. The highest BCUT2D eigenvalue weighted by Crippen LogP contribution is 2.35. The van der Waals surface area contributed by atoms with E-state index in [1.54, 1.807) is 11.0 Å². The number of anilines is 1. The molecular weight excluding hydrogens is 420 g/mol. The maximum Gasteiger partial charge on any atom is 0.322 e. The van der Waals surface area contributed by atoms with Gasteiger partial charge in [-0.05, 0) is 50.3 Å². The molecule has 8 heteroatoms. The van der Waals surface area contributed by atoms with E-state index < -0.39 is 0 Å². The fraction of sp³-hybridized carbons (Fsp3) is 0.360. The van der Waals surface area contributed by atoms with Gasteiger partial charge in [0.1, 0.15) is 0 Å². The fourth-order valence-corrected chi connectivity index (χ4v) is 3.97. The fourth-order valence-electron chi connectivity index (χ4n) is 3.97. The van der Waals surface area contributed by atoms with E-state index >= 15 is 0 Å². The van der Waals surface area contributed by atoms with Gasteiger partial charge in [-0.3, -0.25) is 4.79 Å². The summed E-state index contributed by atoms with van der Waals surface area (Å²) in [6.45, 7) is 7.99. The summed E-state index contributed by atoms with van der Waals surface area (Å²) < 4.78 is 10.9. The molecule has 0 spiro atoms. The Morgan fingerprint density at radius 3 is 2.48 bits per heavy atom. The Morgan fingerprint density at radius 2 is 1.76 bits per heavy atom. The zero-order chi connectivity index (χ0) is 23.2. The average Bonchev–Trinajstić information content (AvgIpc) is 3.28. The van der Waals surface area contributed by atoms with Crippen LogP contribution in [0.1, 0.15) is 25.8 Å². The third-order valence-electron chi connectivity index (χ3n) is 5.88. The lowest BCUT2D eigenvalue weighted by Crippen LogP contribution is -2.38. The summed E-state index contributed by atoms with van der Waals surface area (Å²) in [6.07, 6.45) is 0.814. The number of para-hydroxylation sites is 1. The van der Waals surface area contributed by atoms with Gasteiger partial charge in [-0.1, -0.05) is 32.0 Å². The molecule has 174 valence electrons. The van der Waals surface area contributed by atoms with Crippen LogP contribution in [0.5, 0.6) is 11.5 Å². The van der Waals surface area contributed by atoms with Crippen LogP contribution in [0.3, 0.4) is 0 Å². The topological polar surface area (TPSA) is 86.9 Å². The smallest absolute Gasteiger partial charge is 0.322 e. The van der Waals surface area contributed by atoms with E-state index in [1.165, 1.54) is 0 Å². The number of aromatic amines is 1. The van der Waals surface area contributed by atoms with E-state index in [9.17, 15) is 9.59 Å². The quantitative estimate of drug-likeness (QED) is 0.514. The normalized spacial score (nSPS) is 12.3. The first-order valence-corrected chi connectivity index (χ1v) is 11.4. The Kier molecular flexibility index (Phi) is 7.14. The van der Waals surface area contributed by atoms with Gasteiger partial charge in [-0.25, -0.2) is 4.79 Å². The van der Waals surface area contributed by atoms with E-state index in [1.807, 2.05) is 42.5 Å². The molecule has 2 heterocycles. The molecule has 0 atom stereocenters. The van der Waals surface area contributed by atoms with Crippen LogP contribution in [0.25, 0.3) is 10.9 Å². The molecule has 0 radical (unpaired) electrons. The minimum atomic E-state index is -0.231. The molecule has 1 aromatic heterocycles. The van der Waals surface area contributed by atoms with Crippen LogP contribution in [0.15, 0.2) is 53.3 Å². The number of nitrogens with one attached hydrogen (secondary N) is 2. The number of H-pyrrole nitrogens is 1. The minimum absolute atomic E-state index is 0.169. The number of carbonyl (C=O) groups excluding carboxylic acids is 1. The summed E-state index contributed by atoms with van der Waals surface area (Å²) in [5.74, 6) is 1.27. The lowest BCUT2D eigenvalue weighted by atomic mass is 10.1. The zero-order valence-corrected chi connectivity index (χ0v) is 19.1. The van der Waals surface area contributed by atoms with Gasteiger partial charge in [-0.15, -0.1) is 0 Å². The number of fused-ring (bicyclic) bond motifs is 2. The van der Waals surface area contributed by atoms with Crippen LogP contribution in [0.4, 0.5) is 10.5 Å². The Labute approximate surface area is 193 Å². The second kappa shape index (κ2) is 10.4. The number of pyridine rings is 1. The van der Waals surface area contributed by atoms with Crippen molar-refractivity contribution in [1.29, 1.82) is 0 Å². The Hall–Kier alpha value is -3.52. The number of rotatable bonds is 9. The summed E-state index contributed by atoms with van der Waals surface area (Å²) in [6, 6.07) is 14.6. The summed E-state index contributed by atoms with van der Waals surface area (Å²) in [7, 11) is 0. The molecule has 2 N–H and O–H groups in total. The largest absolute Gasteiger partial charge is 0.454 e. The zero-order valence-electron chi connectivity index (χ0n) is 19.1. The number of benzene rings is 2. The van der Waals surface area contributed by atoms with Crippen LogP contribution in [-0.4, -0.2) is 53.8 Å². The molecule has 0 unspecified atom stereocenters. The van der Waals surface area contributed by atoms with Crippen LogP contribution >= 0.6 is 0 Å². The Morgan fingerprint density at radius 1 is 1.03 bits per heavy atom. The number of amides is 2. The molecule has 2 aromatic carbocycles. The van der Waals surface area contributed by atoms with Gasteiger partial charge in [-0.2, -0.15) is 0 Å². The molecule has 3 aromatic rings. The number of ether oxygens (including phenoxy) is 2. The average molecular weight is 451 g/mol. The molecule has 0 aliphatic carbocycles. The third-order valence-corrected chi connectivity index (χ3v) is 5.88. The maximum atomic E-state index is 13.1. The van der Waals surface area contributed by atoms with Crippen molar-refractivity contribution in [3.8, 4) is 11.5 Å². The van der Waals surface area contributed by atoms with Crippen LogP contribution in [0.2, 0.25) is 0 Å². The molecule has 1 aliphatic heterocycles. The van der Waals surface area contributed by atoms with Gasteiger partial charge in [0.2, 0.25) is 6.79 Å². The van der Waals surface area contributed by atoms with Gasteiger partial charge in [0.05, 0.1) is 12.1 Å². The molecule has 4 rings (SSSR count). The maximum absolute atomic E-state index is 13.1. The first-order valence-electron chi connectivity index (χ1n) is 11.4. The second-order valence-electron chi connectivity index (χ2n) is 8.01. The lowest BCUT2D eigenvalue weighted by molar-refractivity contribution is 0.174. The van der Waals surface area contributed by atoms with Crippen LogP contribution in [-0.2, 0) is 6.54 Å². The standard InChI is InChI=1S/C25H30N4O4/c1-3-28(4-2)11-8-12-29(25(31)26-20-9-6-5-7-10-20)16-19-13-18-14-22-23(33-17-32-22)15-21(18)27-24(19)30/h5-7,9-10,13-15H,3-4,8,11-12,16-17H2,1-2H3,(H,26,31)(H,27,30). The monoisotopic (exact) mass is 450 g/mol. The summed E-state index contributed by atoms with van der Waals surface area (Å²) in [5, 5.41) is 3.78. The predicted molar refractivity (Wildman–Crippen MR) is 129 cm³/mol. The molecule has 2 amide bonds. The van der Waals surface area contributed by atoms with Crippen molar-refractivity contribution in [2.45, 2.75) is 26.8 Å². The first-order chi connectivity index (χ1) is 16.1. The predicted octanol–water partition coefficient (Wildman–Crippen LogP) is 4.02. The highest BCUT2D eigenvalue weighted by molar-refractivity contribution is 5.89. The second-order valence-corrected chi connectivity index (χ2v) is 8.01. The lowest BCUT2D eigenvalue weighted by Gasteiger charge is -2.25. The number of hydrogen-bond acceptors (Lipinski definition) is 5.